The highest BCUT2D eigenvalue weighted by Crippen LogP contribution is 2.19. The summed E-state index contributed by atoms with van der Waals surface area (Å²) in [5.41, 5.74) is 0.483. The van der Waals surface area contributed by atoms with Gasteiger partial charge in [-0.3, -0.25) is 9.78 Å². The number of pyridine rings is 1. The Hall–Kier alpha value is -2.21. The number of carbonyl (C=O) groups excluding carboxylic acids is 1. The number of nitrogens with zero attached hydrogens (tertiary/aromatic N) is 4. The summed E-state index contributed by atoms with van der Waals surface area (Å²) >= 11 is 5.86. The zero-order valence-corrected chi connectivity index (χ0v) is 13.4. The Labute approximate surface area is 139 Å². The molecule has 0 unspecified atom stereocenters. The van der Waals surface area contributed by atoms with Crippen LogP contribution in [0.1, 0.15) is 23.2 Å². The average molecular weight is 332 g/mol. The number of amides is 1. The van der Waals surface area contributed by atoms with Crippen molar-refractivity contribution >= 4 is 23.5 Å². The van der Waals surface area contributed by atoms with Gasteiger partial charge in [-0.2, -0.15) is 0 Å². The molecule has 0 aliphatic carbocycles. The number of anilines is 1. The third-order valence-corrected chi connectivity index (χ3v) is 4.08. The van der Waals surface area contributed by atoms with Crippen LogP contribution in [0.15, 0.2) is 36.9 Å². The Bertz CT molecular complexity index is 667. The van der Waals surface area contributed by atoms with E-state index in [1.165, 1.54) is 12.4 Å². The minimum Gasteiger partial charge on any atom is -0.352 e. The Kier molecular flexibility index (Phi) is 5.02. The fourth-order valence-electron chi connectivity index (χ4n) is 2.74. The number of rotatable bonds is 4. The topological polar surface area (TPSA) is 71.0 Å². The molecule has 2 aromatic heterocycles. The minimum absolute atomic E-state index is 0.145. The monoisotopic (exact) mass is 331 g/mol. The maximum absolute atomic E-state index is 12.1. The van der Waals surface area contributed by atoms with E-state index in [0.29, 0.717) is 23.0 Å². The maximum atomic E-state index is 12.1. The Morgan fingerprint density at radius 3 is 2.96 bits per heavy atom. The van der Waals surface area contributed by atoms with Crippen LogP contribution < -0.4 is 10.2 Å². The number of piperidine rings is 1. The van der Waals surface area contributed by atoms with Gasteiger partial charge in [-0.05, 0) is 30.9 Å². The summed E-state index contributed by atoms with van der Waals surface area (Å²) in [6, 6.07) is 3.43. The zero-order valence-electron chi connectivity index (χ0n) is 12.7. The smallest absolute Gasteiger partial charge is 0.252 e. The molecule has 1 aliphatic heterocycles. The molecule has 0 saturated carbocycles. The van der Waals surface area contributed by atoms with E-state index < -0.39 is 0 Å². The van der Waals surface area contributed by atoms with Gasteiger partial charge in [-0.25, -0.2) is 9.97 Å². The number of carbonyl (C=O) groups is 1. The van der Waals surface area contributed by atoms with Crippen molar-refractivity contribution in [2.75, 3.05) is 24.5 Å². The highest BCUT2D eigenvalue weighted by molar-refractivity contribution is 6.30. The molecule has 0 aromatic carbocycles. The maximum Gasteiger partial charge on any atom is 0.252 e. The Morgan fingerprint density at radius 2 is 2.17 bits per heavy atom. The first-order valence-electron chi connectivity index (χ1n) is 7.63. The predicted molar refractivity (Wildman–Crippen MR) is 88.5 cm³/mol. The highest BCUT2D eigenvalue weighted by atomic mass is 35.5. The first kappa shape index (κ1) is 15.7. The summed E-state index contributed by atoms with van der Waals surface area (Å²) in [5.74, 6) is 0.985. The van der Waals surface area contributed by atoms with Gasteiger partial charge in [0.05, 0.1) is 10.6 Å². The summed E-state index contributed by atoms with van der Waals surface area (Å²) in [4.78, 5) is 26.8. The van der Waals surface area contributed by atoms with E-state index in [9.17, 15) is 4.79 Å². The molecule has 0 spiro atoms. The second-order valence-corrected chi connectivity index (χ2v) is 6.04. The molecular formula is C16H18ClN5O. The molecule has 7 heteroatoms. The molecule has 1 fully saturated rings. The second kappa shape index (κ2) is 7.37. The van der Waals surface area contributed by atoms with Gasteiger partial charge in [0.25, 0.3) is 5.91 Å². The summed E-state index contributed by atoms with van der Waals surface area (Å²) in [7, 11) is 0. The van der Waals surface area contributed by atoms with Crippen LogP contribution in [0.2, 0.25) is 5.02 Å². The van der Waals surface area contributed by atoms with Crippen molar-refractivity contribution in [2.24, 2.45) is 5.92 Å². The van der Waals surface area contributed by atoms with Crippen LogP contribution in [-0.4, -0.2) is 40.5 Å². The lowest BCUT2D eigenvalue weighted by molar-refractivity contribution is 0.0945. The number of halogens is 1. The van der Waals surface area contributed by atoms with Crippen LogP contribution in [0, 0.1) is 5.92 Å². The van der Waals surface area contributed by atoms with Crippen molar-refractivity contribution in [1.82, 2.24) is 20.3 Å². The van der Waals surface area contributed by atoms with Gasteiger partial charge >= 0.3 is 0 Å². The molecule has 3 rings (SSSR count). The lowest BCUT2D eigenvalue weighted by Gasteiger charge is -2.32. The third kappa shape index (κ3) is 4.16. The molecule has 0 radical (unpaired) electrons. The van der Waals surface area contributed by atoms with E-state index in [0.717, 1.165) is 31.9 Å². The summed E-state index contributed by atoms with van der Waals surface area (Å²) in [6.07, 6.45) is 8.68. The van der Waals surface area contributed by atoms with Crippen LogP contribution in [-0.2, 0) is 0 Å². The fourth-order valence-corrected chi connectivity index (χ4v) is 2.92. The van der Waals surface area contributed by atoms with Crippen LogP contribution >= 0.6 is 11.6 Å². The summed E-state index contributed by atoms with van der Waals surface area (Å²) < 4.78 is 0. The molecule has 3 heterocycles. The first-order valence-corrected chi connectivity index (χ1v) is 8.01. The lowest BCUT2D eigenvalue weighted by Crippen LogP contribution is -2.41. The lowest BCUT2D eigenvalue weighted by atomic mass is 9.98. The Morgan fingerprint density at radius 1 is 1.35 bits per heavy atom. The SMILES string of the molecule is O=C(NC[C@H]1CCCN(c2ncccn2)C1)c1cncc(Cl)c1. The first-order chi connectivity index (χ1) is 11.2. The molecule has 0 bridgehead atoms. The van der Waals surface area contributed by atoms with Crippen molar-refractivity contribution in [1.29, 1.82) is 0 Å². The van der Waals surface area contributed by atoms with E-state index in [1.807, 2.05) is 6.07 Å². The Balaban J connectivity index is 1.55. The number of nitrogens with one attached hydrogen (secondary N) is 1. The standard InChI is InChI=1S/C16H18ClN5O/c17-14-7-13(9-18-10-14)15(23)21-8-12-3-1-6-22(11-12)16-19-4-2-5-20-16/h2,4-5,7,9-10,12H,1,3,6,8,11H2,(H,21,23)/t12-/m1/s1. The van der Waals surface area contributed by atoms with Gasteiger partial charge in [0.1, 0.15) is 0 Å². The zero-order chi connectivity index (χ0) is 16.1. The van der Waals surface area contributed by atoms with Crippen molar-refractivity contribution < 1.29 is 4.79 Å². The van der Waals surface area contributed by atoms with Gasteiger partial charge in [-0.15, -0.1) is 0 Å². The molecule has 2 aromatic rings. The van der Waals surface area contributed by atoms with E-state index in [1.54, 1.807) is 18.5 Å². The third-order valence-electron chi connectivity index (χ3n) is 3.87. The minimum atomic E-state index is -0.145. The quantitative estimate of drug-likeness (QED) is 0.929. The van der Waals surface area contributed by atoms with Gasteiger partial charge in [0.2, 0.25) is 5.95 Å². The summed E-state index contributed by atoms with van der Waals surface area (Å²) in [5, 5.41) is 3.42. The largest absolute Gasteiger partial charge is 0.352 e. The van der Waals surface area contributed by atoms with Crippen molar-refractivity contribution in [3.63, 3.8) is 0 Å². The molecule has 120 valence electrons. The summed E-state index contributed by atoms with van der Waals surface area (Å²) in [6.45, 7) is 2.42. The van der Waals surface area contributed by atoms with E-state index in [-0.39, 0.29) is 5.91 Å². The van der Waals surface area contributed by atoms with E-state index >= 15 is 0 Å². The van der Waals surface area contributed by atoms with Gasteiger partial charge in [-0.1, -0.05) is 11.6 Å². The molecule has 6 nitrogen and oxygen atoms in total. The molecule has 1 atom stereocenters. The van der Waals surface area contributed by atoms with Gasteiger partial charge in [0, 0.05) is 44.4 Å². The number of aromatic nitrogens is 3. The van der Waals surface area contributed by atoms with Crippen LogP contribution in [0.4, 0.5) is 5.95 Å². The van der Waals surface area contributed by atoms with Gasteiger partial charge in [0.15, 0.2) is 0 Å². The fraction of sp³-hybridized carbons (Fsp3) is 0.375. The van der Waals surface area contributed by atoms with Crippen LogP contribution in [0.25, 0.3) is 0 Å². The second-order valence-electron chi connectivity index (χ2n) is 5.60. The molecule has 1 aliphatic rings. The average Bonchev–Trinajstić information content (AvgIpc) is 2.61. The number of hydrogen-bond acceptors (Lipinski definition) is 5. The molecule has 1 N–H and O–H groups in total. The van der Waals surface area contributed by atoms with Crippen LogP contribution in [0.5, 0.6) is 0 Å². The molecule has 1 saturated heterocycles. The number of hydrogen-bond donors (Lipinski definition) is 1. The predicted octanol–water partition coefficient (Wildman–Crippen LogP) is 2.17. The normalized spacial score (nSPS) is 17.8. The van der Waals surface area contributed by atoms with Crippen molar-refractivity contribution in [2.45, 2.75) is 12.8 Å². The van der Waals surface area contributed by atoms with E-state index in [2.05, 4.69) is 25.2 Å². The molecule has 23 heavy (non-hydrogen) atoms. The van der Waals surface area contributed by atoms with Crippen molar-refractivity contribution in [3.8, 4) is 0 Å². The molecule has 1 amide bonds. The van der Waals surface area contributed by atoms with Gasteiger partial charge < -0.3 is 10.2 Å². The molecular weight excluding hydrogens is 314 g/mol. The van der Waals surface area contributed by atoms with Crippen molar-refractivity contribution in [3.05, 3.63) is 47.5 Å². The highest BCUT2D eigenvalue weighted by Gasteiger charge is 2.22. The van der Waals surface area contributed by atoms with Crippen LogP contribution in [0.3, 0.4) is 0 Å². The van der Waals surface area contributed by atoms with E-state index in [4.69, 9.17) is 11.6 Å².